The van der Waals surface area contributed by atoms with Crippen molar-refractivity contribution in [1.29, 1.82) is 0 Å². The van der Waals surface area contributed by atoms with Gasteiger partial charge in [-0.1, -0.05) is 12.1 Å². The number of aryl methyl sites for hydroxylation is 1. The molecule has 1 N–H and O–H groups in total. The number of thiophene rings is 1. The van der Waals surface area contributed by atoms with E-state index in [1.165, 1.54) is 0 Å². The summed E-state index contributed by atoms with van der Waals surface area (Å²) in [7, 11) is 0. The minimum Gasteiger partial charge on any atom is -0.481 e. The molecule has 1 atom stereocenters. The number of carbonyl (C=O) groups is 1. The third-order valence-electron chi connectivity index (χ3n) is 3.13. The summed E-state index contributed by atoms with van der Waals surface area (Å²) in [6.07, 6.45) is 1.44. The summed E-state index contributed by atoms with van der Waals surface area (Å²) in [4.78, 5) is 16.8. The van der Waals surface area contributed by atoms with Crippen molar-refractivity contribution in [1.82, 2.24) is 4.98 Å². The van der Waals surface area contributed by atoms with Crippen LogP contribution in [0.4, 0.5) is 0 Å². The summed E-state index contributed by atoms with van der Waals surface area (Å²) < 4.78 is 0. The highest BCUT2D eigenvalue weighted by Gasteiger charge is 2.29. The molecule has 1 aliphatic rings. The predicted molar refractivity (Wildman–Crippen MR) is 66.2 cm³/mol. The Kier molecular flexibility index (Phi) is 2.44. The van der Waals surface area contributed by atoms with E-state index >= 15 is 0 Å². The van der Waals surface area contributed by atoms with Gasteiger partial charge in [0.15, 0.2) is 0 Å². The van der Waals surface area contributed by atoms with E-state index in [2.05, 4.69) is 4.98 Å². The first kappa shape index (κ1) is 10.5. The number of rotatable bonds is 2. The predicted octanol–water partition coefficient (Wildman–Crippen LogP) is 2.92. The molecule has 1 aliphatic carbocycles. The lowest BCUT2D eigenvalue weighted by Gasteiger charge is -2.05. The lowest BCUT2D eigenvalue weighted by atomic mass is 10.0. The van der Waals surface area contributed by atoms with Crippen LogP contribution in [0.15, 0.2) is 29.6 Å². The third-order valence-corrected chi connectivity index (χ3v) is 4.02. The van der Waals surface area contributed by atoms with E-state index in [0.29, 0.717) is 6.42 Å². The second kappa shape index (κ2) is 3.96. The zero-order valence-electron chi connectivity index (χ0n) is 9.09. The van der Waals surface area contributed by atoms with E-state index in [-0.39, 0.29) is 5.92 Å². The van der Waals surface area contributed by atoms with Crippen LogP contribution in [0.3, 0.4) is 0 Å². The Morgan fingerprint density at radius 2 is 2.29 bits per heavy atom. The average Bonchev–Trinajstić information content (AvgIpc) is 2.97. The van der Waals surface area contributed by atoms with Gasteiger partial charge < -0.3 is 5.11 Å². The Balaban J connectivity index is 2.02. The molecular weight excluding hydrogens is 234 g/mol. The number of carboxylic acid groups (broad SMARTS) is 1. The van der Waals surface area contributed by atoms with Gasteiger partial charge in [-0.2, -0.15) is 0 Å². The summed E-state index contributed by atoms with van der Waals surface area (Å²) in [6, 6.07) is 7.87. The van der Waals surface area contributed by atoms with Crippen LogP contribution in [0.2, 0.25) is 0 Å². The molecule has 0 fully saturated rings. The molecule has 0 amide bonds. The quantitative estimate of drug-likeness (QED) is 0.885. The highest BCUT2D eigenvalue weighted by atomic mass is 32.1. The van der Waals surface area contributed by atoms with Crippen molar-refractivity contribution in [3.63, 3.8) is 0 Å². The van der Waals surface area contributed by atoms with Gasteiger partial charge in [-0.25, -0.2) is 0 Å². The smallest absolute Gasteiger partial charge is 0.311 e. The summed E-state index contributed by atoms with van der Waals surface area (Å²) in [6.45, 7) is 0. The summed E-state index contributed by atoms with van der Waals surface area (Å²) in [5, 5.41) is 11.1. The maximum Gasteiger partial charge on any atom is 0.311 e. The van der Waals surface area contributed by atoms with Gasteiger partial charge in [-0.3, -0.25) is 9.78 Å². The van der Waals surface area contributed by atoms with Crippen LogP contribution in [-0.4, -0.2) is 16.1 Å². The number of aromatic nitrogens is 1. The van der Waals surface area contributed by atoms with Crippen molar-refractivity contribution in [3.05, 3.63) is 40.9 Å². The van der Waals surface area contributed by atoms with Gasteiger partial charge in [-0.05, 0) is 35.9 Å². The number of hydrogen-bond acceptors (Lipinski definition) is 3. The molecule has 2 aromatic rings. The molecule has 0 saturated heterocycles. The van der Waals surface area contributed by atoms with Crippen LogP contribution in [0.25, 0.3) is 10.6 Å². The minimum absolute atomic E-state index is 0.366. The van der Waals surface area contributed by atoms with Crippen molar-refractivity contribution in [2.45, 2.75) is 18.8 Å². The third kappa shape index (κ3) is 1.74. The normalized spacial score (nSPS) is 18.0. The summed E-state index contributed by atoms with van der Waals surface area (Å²) in [5.74, 6) is -1.11. The first-order chi connectivity index (χ1) is 8.25. The molecule has 0 bridgehead atoms. The summed E-state index contributed by atoms with van der Waals surface area (Å²) >= 11 is 1.65. The zero-order valence-corrected chi connectivity index (χ0v) is 9.91. The molecule has 4 heteroatoms. The lowest BCUT2D eigenvalue weighted by molar-refractivity contribution is -0.138. The van der Waals surface area contributed by atoms with Crippen LogP contribution in [0.1, 0.15) is 23.6 Å². The molecule has 0 aromatic carbocycles. The molecule has 0 saturated carbocycles. The molecule has 0 radical (unpaired) electrons. The highest BCUT2D eigenvalue weighted by Crippen LogP contribution is 2.34. The fourth-order valence-corrected chi connectivity index (χ4v) is 2.98. The van der Waals surface area contributed by atoms with Crippen LogP contribution >= 0.6 is 11.3 Å². The molecule has 17 heavy (non-hydrogen) atoms. The van der Waals surface area contributed by atoms with Crippen molar-refractivity contribution in [2.24, 2.45) is 0 Å². The lowest BCUT2D eigenvalue weighted by Crippen LogP contribution is -2.07. The van der Waals surface area contributed by atoms with Gasteiger partial charge in [0, 0.05) is 5.69 Å². The fourth-order valence-electron chi connectivity index (χ4n) is 2.28. The molecular formula is C13H11NO2S. The van der Waals surface area contributed by atoms with Gasteiger partial charge in [0.2, 0.25) is 0 Å². The Labute approximate surface area is 103 Å². The molecule has 3 rings (SSSR count). The van der Waals surface area contributed by atoms with Crippen molar-refractivity contribution in [2.75, 3.05) is 0 Å². The fraction of sp³-hybridized carbons (Fsp3) is 0.231. The molecule has 86 valence electrons. The maximum atomic E-state index is 11.1. The molecule has 1 unspecified atom stereocenters. The van der Waals surface area contributed by atoms with Crippen LogP contribution in [-0.2, 0) is 11.2 Å². The first-order valence-corrected chi connectivity index (χ1v) is 6.40. The number of carboxylic acids is 1. The molecule has 2 heterocycles. The maximum absolute atomic E-state index is 11.1. The Hall–Kier alpha value is -1.68. The number of hydrogen-bond donors (Lipinski definition) is 1. The van der Waals surface area contributed by atoms with Gasteiger partial charge in [0.25, 0.3) is 0 Å². The van der Waals surface area contributed by atoms with Crippen LogP contribution < -0.4 is 0 Å². The van der Waals surface area contributed by atoms with Crippen molar-refractivity contribution < 1.29 is 9.90 Å². The van der Waals surface area contributed by atoms with E-state index in [0.717, 1.165) is 28.2 Å². The van der Waals surface area contributed by atoms with Gasteiger partial charge in [-0.15, -0.1) is 11.3 Å². The largest absolute Gasteiger partial charge is 0.481 e. The van der Waals surface area contributed by atoms with E-state index in [9.17, 15) is 4.79 Å². The SMILES string of the molecule is O=C(O)C1CCc2nc(-c3cccs3)ccc21. The number of fused-ring (bicyclic) bond motifs is 1. The molecule has 0 spiro atoms. The topological polar surface area (TPSA) is 50.2 Å². The number of aliphatic carboxylic acids is 1. The molecule has 0 aliphatic heterocycles. The number of nitrogens with zero attached hydrogens (tertiary/aromatic N) is 1. The van der Waals surface area contributed by atoms with E-state index < -0.39 is 5.97 Å². The Morgan fingerprint density at radius 1 is 1.41 bits per heavy atom. The zero-order chi connectivity index (χ0) is 11.8. The van der Waals surface area contributed by atoms with Crippen molar-refractivity contribution in [3.8, 4) is 10.6 Å². The second-order valence-electron chi connectivity index (χ2n) is 4.14. The highest BCUT2D eigenvalue weighted by molar-refractivity contribution is 7.13. The van der Waals surface area contributed by atoms with E-state index in [4.69, 9.17) is 5.11 Å². The molecule has 3 nitrogen and oxygen atoms in total. The Bertz CT molecular complexity index is 563. The summed E-state index contributed by atoms with van der Waals surface area (Å²) in [5.41, 5.74) is 2.78. The van der Waals surface area contributed by atoms with Crippen molar-refractivity contribution >= 4 is 17.3 Å². The number of pyridine rings is 1. The minimum atomic E-state index is -0.741. The van der Waals surface area contributed by atoms with Crippen LogP contribution in [0, 0.1) is 0 Å². The Morgan fingerprint density at radius 3 is 3.00 bits per heavy atom. The van der Waals surface area contributed by atoms with Gasteiger partial charge in [0.05, 0.1) is 16.5 Å². The van der Waals surface area contributed by atoms with Gasteiger partial charge >= 0.3 is 5.97 Å². The first-order valence-electron chi connectivity index (χ1n) is 5.52. The molecule has 2 aromatic heterocycles. The van der Waals surface area contributed by atoms with E-state index in [1.807, 2.05) is 29.6 Å². The monoisotopic (exact) mass is 245 g/mol. The average molecular weight is 245 g/mol. The van der Waals surface area contributed by atoms with Crippen LogP contribution in [0.5, 0.6) is 0 Å². The van der Waals surface area contributed by atoms with E-state index in [1.54, 1.807) is 11.3 Å². The second-order valence-corrected chi connectivity index (χ2v) is 5.09. The standard InChI is InChI=1S/C13H11NO2S/c15-13(16)9-4-5-10-8(9)3-6-11(14-10)12-2-1-7-17-12/h1-3,6-7,9H,4-5H2,(H,15,16). The van der Waals surface area contributed by atoms with Gasteiger partial charge in [0.1, 0.15) is 0 Å².